The molecule has 0 aliphatic carbocycles. The van der Waals surface area contributed by atoms with Gasteiger partial charge in [0.2, 0.25) is 15.0 Å². The first-order chi connectivity index (χ1) is 9.60. The minimum absolute atomic E-state index is 0.209. The summed E-state index contributed by atoms with van der Waals surface area (Å²) >= 11 is 0. The number of nitrogens with zero attached hydrogens (tertiary/aromatic N) is 3. The van der Waals surface area contributed by atoms with Gasteiger partial charge in [-0.1, -0.05) is 17.3 Å². The summed E-state index contributed by atoms with van der Waals surface area (Å²) in [6.45, 7) is 1.55. The zero-order chi connectivity index (χ0) is 14.2. The van der Waals surface area contributed by atoms with E-state index in [2.05, 4.69) is 15.1 Å². The molecular weight excluding hydrogens is 278 g/mol. The Bertz CT molecular complexity index is 843. The van der Waals surface area contributed by atoms with Crippen molar-refractivity contribution in [1.82, 2.24) is 15.1 Å². The van der Waals surface area contributed by atoms with Gasteiger partial charge >= 0.3 is 0 Å². The lowest BCUT2D eigenvalue weighted by atomic mass is 10.2. The fraction of sp³-hybridized carbons (Fsp3) is 0.154. The highest BCUT2D eigenvalue weighted by molar-refractivity contribution is 7.91. The maximum Gasteiger partial charge on any atom is 0.247 e. The summed E-state index contributed by atoms with van der Waals surface area (Å²) in [6, 6.07) is 8.69. The molecule has 0 aliphatic heterocycles. The predicted octanol–water partition coefficient (Wildman–Crippen LogP) is 2.15. The molecule has 0 unspecified atom stereocenters. The van der Waals surface area contributed by atoms with Gasteiger partial charge in [0.25, 0.3) is 0 Å². The quantitative estimate of drug-likeness (QED) is 0.687. The molecule has 0 radical (unpaired) electrons. The van der Waals surface area contributed by atoms with Crippen LogP contribution >= 0.6 is 0 Å². The Morgan fingerprint density at radius 1 is 1.10 bits per heavy atom. The summed E-state index contributed by atoms with van der Waals surface area (Å²) in [5.74, 6) is 0. The number of hydrogen-bond acceptors (Lipinski definition) is 6. The second kappa shape index (κ2) is 4.68. The standard InChI is InChI=1S/C13H11N3O3S/c1-9(20(17,18)13-14-7-4-8-15-13)12-10-5-2-3-6-11(10)19-16-12/h2-9H,1H3/t9-/m1/s1. The SMILES string of the molecule is C[C@H](c1noc2ccccc12)S(=O)(=O)c1ncccn1. The summed E-state index contributed by atoms with van der Waals surface area (Å²) < 4.78 is 30.1. The molecule has 1 atom stereocenters. The van der Waals surface area contributed by atoms with Gasteiger partial charge in [0.05, 0.1) is 0 Å². The van der Waals surface area contributed by atoms with Crippen LogP contribution in [0.4, 0.5) is 0 Å². The van der Waals surface area contributed by atoms with Gasteiger partial charge in [0.1, 0.15) is 10.9 Å². The lowest BCUT2D eigenvalue weighted by Crippen LogP contribution is -2.14. The molecule has 0 spiro atoms. The molecule has 0 N–H and O–H groups in total. The molecule has 0 aliphatic rings. The number of sulfone groups is 1. The highest BCUT2D eigenvalue weighted by Crippen LogP contribution is 2.30. The Morgan fingerprint density at radius 2 is 1.80 bits per heavy atom. The van der Waals surface area contributed by atoms with E-state index in [0.717, 1.165) is 0 Å². The molecule has 0 saturated heterocycles. The van der Waals surface area contributed by atoms with Gasteiger partial charge < -0.3 is 4.52 Å². The van der Waals surface area contributed by atoms with Crippen LogP contribution in [0.5, 0.6) is 0 Å². The molecule has 20 heavy (non-hydrogen) atoms. The van der Waals surface area contributed by atoms with E-state index in [1.165, 1.54) is 12.4 Å². The molecule has 2 aromatic heterocycles. The average molecular weight is 289 g/mol. The van der Waals surface area contributed by atoms with Crippen LogP contribution in [0.3, 0.4) is 0 Å². The summed E-state index contributed by atoms with van der Waals surface area (Å²) in [6.07, 6.45) is 2.79. The minimum atomic E-state index is -3.70. The molecule has 2 heterocycles. The van der Waals surface area contributed by atoms with Gasteiger partial charge in [-0.05, 0) is 25.1 Å². The third-order valence-corrected chi connectivity index (χ3v) is 4.93. The second-order valence-electron chi connectivity index (χ2n) is 4.28. The molecule has 0 saturated carbocycles. The fourth-order valence-electron chi connectivity index (χ4n) is 1.94. The maximum absolute atomic E-state index is 12.5. The van der Waals surface area contributed by atoms with Crippen molar-refractivity contribution in [3.63, 3.8) is 0 Å². The van der Waals surface area contributed by atoms with E-state index in [9.17, 15) is 8.42 Å². The summed E-state index contributed by atoms with van der Waals surface area (Å²) in [7, 11) is -3.70. The Balaban J connectivity index is 2.11. The number of aromatic nitrogens is 3. The number of benzene rings is 1. The molecule has 6 nitrogen and oxygen atoms in total. The normalized spacial score (nSPS) is 13.4. The van der Waals surface area contributed by atoms with Crippen molar-refractivity contribution in [2.24, 2.45) is 0 Å². The maximum atomic E-state index is 12.5. The molecule has 0 bridgehead atoms. The van der Waals surface area contributed by atoms with Crippen molar-refractivity contribution < 1.29 is 12.9 Å². The van der Waals surface area contributed by atoms with Crippen molar-refractivity contribution in [2.75, 3.05) is 0 Å². The molecule has 102 valence electrons. The topological polar surface area (TPSA) is 86.0 Å². The van der Waals surface area contributed by atoms with E-state index >= 15 is 0 Å². The highest BCUT2D eigenvalue weighted by atomic mass is 32.2. The van der Waals surface area contributed by atoms with Crippen LogP contribution in [-0.2, 0) is 9.84 Å². The monoisotopic (exact) mass is 289 g/mol. The van der Waals surface area contributed by atoms with E-state index in [-0.39, 0.29) is 5.16 Å². The lowest BCUT2D eigenvalue weighted by molar-refractivity contribution is 0.444. The average Bonchev–Trinajstić information content (AvgIpc) is 2.91. The Hall–Kier alpha value is -2.28. The van der Waals surface area contributed by atoms with Crippen molar-refractivity contribution in [1.29, 1.82) is 0 Å². The number of para-hydroxylation sites is 1. The van der Waals surface area contributed by atoms with Crippen LogP contribution in [0.25, 0.3) is 11.0 Å². The van der Waals surface area contributed by atoms with Crippen molar-refractivity contribution in [3.8, 4) is 0 Å². The molecule has 3 aromatic rings. The first-order valence-electron chi connectivity index (χ1n) is 5.96. The van der Waals surface area contributed by atoms with Crippen molar-refractivity contribution >= 4 is 20.8 Å². The fourth-order valence-corrected chi connectivity index (χ4v) is 3.13. The summed E-state index contributed by atoms with van der Waals surface area (Å²) in [5, 5.41) is 3.47. The Morgan fingerprint density at radius 3 is 2.55 bits per heavy atom. The van der Waals surface area contributed by atoms with E-state index in [1.54, 1.807) is 37.3 Å². The Labute approximate surface area is 115 Å². The van der Waals surface area contributed by atoms with Gasteiger partial charge in [-0.25, -0.2) is 18.4 Å². The van der Waals surface area contributed by atoms with Crippen LogP contribution in [-0.4, -0.2) is 23.5 Å². The molecule has 3 rings (SSSR count). The minimum Gasteiger partial charge on any atom is -0.356 e. The van der Waals surface area contributed by atoms with Crippen molar-refractivity contribution in [3.05, 3.63) is 48.4 Å². The zero-order valence-corrected chi connectivity index (χ0v) is 11.4. The number of hydrogen-bond donors (Lipinski definition) is 0. The zero-order valence-electron chi connectivity index (χ0n) is 10.6. The van der Waals surface area contributed by atoms with Crippen molar-refractivity contribution in [2.45, 2.75) is 17.3 Å². The molecule has 0 fully saturated rings. The Kier molecular flexibility index (Phi) is 2.98. The van der Waals surface area contributed by atoms with Crippen LogP contribution in [0.15, 0.2) is 52.4 Å². The van der Waals surface area contributed by atoms with E-state index < -0.39 is 15.1 Å². The molecule has 1 aromatic carbocycles. The third-order valence-electron chi connectivity index (χ3n) is 3.05. The van der Waals surface area contributed by atoms with Crippen LogP contribution in [0, 0.1) is 0 Å². The smallest absolute Gasteiger partial charge is 0.247 e. The first kappa shape index (κ1) is 12.7. The first-order valence-corrected chi connectivity index (χ1v) is 7.50. The van der Waals surface area contributed by atoms with E-state index in [1.807, 2.05) is 0 Å². The molecule has 7 heteroatoms. The summed E-state index contributed by atoms with van der Waals surface area (Å²) in [5.41, 5.74) is 0.923. The predicted molar refractivity (Wildman–Crippen MR) is 71.6 cm³/mol. The summed E-state index contributed by atoms with van der Waals surface area (Å²) in [4.78, 5) is 7.61. The van der Waals surface area contributed by atoms with Gasteiger partial charge in [-0.3, -0.25) is 0 Å². The van der Waals surface area contributed by atoms with E-state index in [4.69, 9.17) is 4.52 Å². The van der Waals surface area contributed by atoms with E-state index in [0.29, 0.717) is 16.7 Å². The third kappa shape index (κ3) is 1.96. The lowest BCUT2D eigenvalue weighted by Gasteiger charge is -2.08. The highest BCUT2D eigenvalue weighted by Gasteiger charge is 2.31. The van der Waals surface area contributed by atoms with Gasteiger partial charge in [-0.15, -0.1) is 0 Å². The molecular formula is C13H11N3O3S. The van der Waals surface area contributed by atoms with Gasteiger partial charge in [-0.2, -0.15) is 0 Å². The second-order valence-corrected chi connectivity index (χ2v) is 6.44. The largest absolute Gasteiger partial charge is 0.356 e. The van der Waals surface area contributed by atoms with Crippen LogP contribution in [0.2, 0.25) is 0 Å². The van der Waals surface area contributed by atoms with Crippen LogP contribution in [0.1, 0.15) is 17.9 Å². The molecule has 0 amide bonds. The van der Waals surface area contributed by atoms with Gasteiger partial charge in [0, 0.05) is 17.8 Å². The van der Waals surface area contributed by atoms with Gasteiger partial charge in [0.15, 0.2) is 5.58 Å². The number of rotatable bonds is 3. The van der Waals surface area contributed by atoms with Crippen LogP contribution < -0.4 is 0 Å². The number of fused-ring (bicyclic) bond motifs is 1.